The second-order valence-electron chi connectivity index (χ2n) is 7.07. The molecule has 3 aromatic rings. The maximum atomic E-state index is 13.4. The van der Waals surface area contributed by atoms with Crippen LogP contribution >= 0.6 is 12.4 Å². The van der Waals surface area contributed by atoms with Crippen molar-refractivity contribution in [2.75, 3.05) is 22.9 Å². The molecule has 0 unspecified atom stereocenters. The highest BCUT2D eigenvalue weighted by Crippen LogP contribution is 2.30. The van der Waals surface area contributed by atoms with E-state index in [0.717, 1.165) is 28.3 Å². The summed E-state index contributed by atoms with van der Waals surface area (Å²) in [4.78, 5) is 20.9. The first-order valence-corrected chi connectivity index (χ1v) is 8.96. The van der Waals surface area contributed by atoms with E-state index in [1.54, 1.807) is 26.5 Å². The van der Waals surface area contributed by atoms with Gasteiger partial charge in [-0.05, 0) is 24.6 Å². The van der Waals surface area contributed by atoms with Gasteiger partial charge >= 0.3 is 6.03 Å². The van der Waals surface area contributed by atoms with E-state index in [2.05, 4.69) is 10.1 Å². The molecule has 0 N–H and O–H groups in total. The average molecular weight is 403 g/mol. The number of hydrogen-bond donors (Lipinski definition) is 0. The van der Waals surface area contributed by atoms with Crippen molar-refractivity contribution in [2.45, 2.75) is 19.1 Å². The Kier molecular flexibility index (Phi) is 4.58. The van der Waals surface area contributed by atoms with Gasteiger partial charge in [0.1, 0.15) is 12.0 Å². The third-order valence-electron chi connectivity index (χ3n) is 5.20. The van der Waals surface area contributed by atoms with Crippen molar-refractivity contribution in [3.05, 3.63) is 48.7 Å². The van der Waals surface area contributed by atoms with Crippen LogP contribution in [0.3, 0.4) is 0 Å². The van der Waals surface area contributed by atoms with Crippen molar-refractivity contribution < 1.29 is 9.18 Å². The number of anilines is 2. The molecule has 5 heterocycles. The van der Waals surface area contributed by atoms with Crippen LogP contribution in [0.5, 0.6) is 0 Å². The van der Waals surface area contributed by atoms with E-state index in [0.29, 0.717) is 26.1 Å². The molecule has 0 saturated carbocycles. The normalized spacial score (nSPS) is 18.5. The Labute approximate surface area is 167 Å². The number of fused-ring (bicyclic) bond motifs is 1. The number of alkyl halides is 1. The molecular weight excluding hydrogens is 383 g/mol. The van der Waals surface area contributed by atoms with E-state index in [1.807, 2.05) is 42.5 Å². The van der Waals surface area contributed by atoms with E-state index >= 15 is 0 Å². The van der Waals surface area contributed by atoms with Gasteiger partial charge < -0.3 is 4.90 Å². The lowest BCUT2D eigenvalue weighted by atomic mass is 10.1. The summed E-state index contributed by atoms with van der Waals surface area (Å²) in [5.74, 6) is 0.796. The smallest absolute Gasteiger partial charge is 0.333 e. The molecule has 0 aliphatic carbocycles. The van der Waals surface area contributed by atoms with Gasteiger partial charge in [0, 0.05) is 49.0 Å². The topological polar surface area (TPSA) is 59.2 Å². The quantitative estimate of drug-likeness (QED) is 0.674. The summed E-state index contributed by atoms with van der Waals surface area (Å²) in [5.41, 5.74) is 3.61. The highest BCUT2D eigenvalue weighted by atomic mass is 35.5. The lowest BCUT2D eigenvalue weighted by Crippen LogP contribution is -2.25. The standard InChI is InChI=1S/C19H19FN6O.ClH/c1-23-11-17(8-22-23)26-12-16-6-14(9-25(16)19(26)27)13-2-3-18(21-7-13)24-5-4-15(20)10-24;/h2-3,6-9,11,15H,4-5,10,12H2,1H3;1H/t15-;/m0./s1. The first kappa shape index (κ1) is 18.5. The molecule has 28 heavy (non-hydrogen) atoms. The predicted octanol–water partition coefficient (Wildman–Crippen LogP) is 3.24. The van der Waals surface area contributed by atoms with Gasteiger partial charge in [0.2, 0.25) is 0 Å². The summed E-state index contributed by atoms with van der Waals surface area (Å²) >= 11 is 0. The average Bonchev–Trinajstić information content (AvgIpc) is 3.42. The molecule has 0 radical (unpaired) electrons. The van der Waals surface area contributed by atoms with Crippen molar-refractivity contribution in [3.63, 3.8) is 0 Å². The molecule has 146 valence electrons. The number of amides is 1. The summed E-state index contributed by atoms with van der Waals surface area (Å²) in [5, 5.41) is 4.13. The zero-order valence-electron chi connectivity index (χ0n) is 15.3. The van der Waals surface area contributed by atoms with Gasteiger partial charge in [-0.1, -0.05) is 0 Å². The lowest BCUT2D eigenvalue weighted by molar-refractivity contribution is 0.251. The fraction of sp³-hybridized carbons (Fsp3) is 0.316. The van der Waals surface area contributed by atoms with E-state index in [9.17, 15) is 9.18 Å². The number of carbonyl (C=O) groups is 1. The summed E-state index contributed by atoms with van der Waals surface area (Å²) < 4.78 is 16.7. The van der Waals surface area contributed by atoms with E-state index < -0.39 is 6.17 Å². The summed E-state index contributed by atoms with van der Waals surface area (Å²) in [6, 6.07) is 5.82. The minimum Gasteiger partial charge on any atom is -0.354 e. The first-order chi connectivity index (χ1) is 13.1. The molecule has 9 heteroatoms. The van der Waals surface area contributed by atoms with Gasteiger partial charge in [0.15, 0.2) is 0 Å². The van der Waals surface area contributed by atoms with Gasteiger partial charge in [-0.15, -0.1) is 12.4 Å². The third-order valence-corrected chi connectivity index (χ3v) is 5.20. The maximum absolute atomic E-state index is 13.4. The van der Waals surface area contributed by atoms with Crippen LogP contribution in [0.4, 0.5) is 20.7 Å². The molecule has 2 aliphatic heterocycles. The Balaban J connectivity index is 0.00000192. The lowest BCUT2D eigenvalue weighted by Gasteiger charge is -2.16. The highest BCUT2D eigenvalue weighted by Gasteiger charge is 2.30. The highest BCUT2D eigenvalue weighted by molar-refractivity contribution is 5.97. The summed E-state index contributed by atoms with van der Waals surface area (Å²) in [6.07, 6.45) is 6.94. The van der Waals surface area contributed by atoms with Crippen molar-refractivity contribution >= 4 is 29.9 Å². The van der Waals surface area contributed by atoms with Crippen LogP contribution in [0, 0.1) is 0 Å². The van der Waals surface area contributed by atoms with Crippen molar-refractivity contribution in [1.29, 1.82) is 0 Å². The fourth-order valence-electron chi connectivity index (χ4n) is 3.74. The molecule has 5 rings (SSSR count). The maximum Gasteiger partial charge on any atom is 0.333 e. The molecule has 1 atom stereocenters. The molecule has 0 bridgehead atoms. The number of aryl methyl sites for hydroxylation is 1. The van der Waals surface area contributed by atoms with Crippen LogP contribution in [-0.4, -0.2) is 44.6 Å². The van der Waals surface area contributed by atoms with Gasteiger partial charge in [0.25, 0.3) is 0 Å². The zero-order chi connectivity index (χ0) is 18.5. The van der Waals surface area contributed by atoms with Gasteiger partial charge in [-0.3, -0.25) is 14.1 Å². The van der Waals surface area contributed by atoms with Crippen LogP contribution in [-0.2, 0) is 13.6 Å². The molecule has 7 nitrogen and oxygen atoms in total. The van der Waals surface area contributed by atoms with Gasteiger partial charge in [-0.2, -0.15) is 5.10 Å². The van der Waals surface area contributed by atoms with Crippen molar-refractivity contribution in [2.24, 2.45) is 7.05 Å². The largest absolute Gasteiger partial charge is 0.354 e. The Morgan fingerprint density at radius 2 is 2.04 bits per heavy atom. The van der Waals surface area contributed by atoms with Crippen LogP contribution in [0.1, 0.15) is 12.1 Å². The molecule has 1 saturated heterocycles. The Morgan fingerprint density at radius 3 is 2.64 bits per heavy atom. The monoisotopic (exact) mass is 402 g/mol. The van der Waals surface area contributed by atoms with E-state index in [1.165, 1.54) is 0 Å². The molecule has 0 spiro atoms. The number of rotatable bonds is 3. The Hall–Kier alpha value is -2.87. The molecular formula is C19H20ClFN6O. The first-order valence-electron chi connectivity index (χ1n) is 8.96. The minimum atomic E-state index is -0.769. The second-order valence-corrected chi connectivity index (χ2v) is 7.07. The van der Waals surface area contributed by atoms with Gasteiger partial charge in [0.05, 0.1) is 25.0 Å². The molecule has 1 fully saturated rings. The van der Waals surface area contributed by atoms with Crippen LogP contribution < -0.4 is 9.80 Å². The van der Waals surface area contributed by atoms with Crippen LogP contribution in [0.2, 0.25) is 0 Å². The fourth-order valence-corrected chi connectivity index (χ4v) is 3.74. The van der Waals surface area contributed by atoms with Crippen LogP contribution in [0.25, 0.3) is 11.1 Å². The molecule has 0 aromatic carbocycles. The molecule has 2 aliphatic rings. The van der Waals surface area contributed by atoms with Crippen molar-refractivity contribution in [3.8, 4) is 11.1 Å². The SMILES string of the molecule is Cl.Cn1cc(N2Cc3cc(-c4ccc(N5CC[C@H](F)C5)nc4)cn3C2=O)cn1. The van der Waals surface area contributed by atoms with Crippen LogP contribution in [0.15, 0.2) is 43.0 Å². The van der Waals surface area contributed by atoms with E-state index in [-0.39, 0.29) is 18.4 Å². The summed E-state index contributed by atoms with van der Waals surface area (Å²) in [6.45, 7) is 1.62. The number of carbonyl (C=O) groups excluding carboxylic acids is 1. The Bertz CT molecular complexity index is 1010. The van der Waals surface area contributed by atoms with Crippen molar-refractivity contribution in [1.82, 2.24) is 19.3 Å². The zero-order valence-corrected chi connectivity index (χ0v) is 16.1. The molecule has 1 amide bonds. The van der Waals surface area contributed by atoms with E-state index in [4.69, 9.17) is 0 Å². The number of aromatic nitrogens is 4. The number of hydrogen-bond acceptors (Lipinski definition) is 4. The number of pyridine rings is 1. The predicted molar refractivity (Wildman–Crippen MR) is 107 cm³/mol. The van der Waals surface area contributed by atoms with Gasteiger partial charge in [-0.25, -0.2) is 14.2 Å². The number of halogens is 2. The minimum absolute atomic E-state index is 0. The second kappa shape index (κ2) is 6.94. The third kappa shape index (κ3) is 3.03. The number of nitrogens with zero attached hydrogens (tertiary/aromatic N) is 6. The summed E-state index contributed by atoms with van der Waals surface area (Å²) in [7, 11) is 1.83. The molecule has 3 aromatic heterocycles. The Morgan fingerprint density at radius 1 is 1.18 bits per heavy atom.